The van der Waals surface area contributed by atoms with Gasteiger partial charge in [-0.3, -0.25) is 0 Å². The van der Waals surface area contributed by atoms with Crippen LogP contribution in [-0.2, 0) is 0 Å². The molecular formula is C13H26S7. The lowest BCUT2D eigenvalue weighted by molar-refractivity contribution is 0.568. The van der Waals surface area contributed by atoms with Gasteiger partial charge in [0.1, 0.15) is 0 Å². The molecule has 0 bridgehead atoms. The van der Waals surface area contributed by atoms with Gasteiger partial charge in [-0.25, -0.2) is 0 Å². The topological polar surface area (TPSA) is 0 Å². The Kier molecular flexibility index (Phi) is 14.2. The highest BCUT2D eigenvalue weighted by Crippen LogP contribution is 2.29. The van der Waals surface area contributed by atoms with Crippen LogP contribution in [0.4, 0.5) is 0 Å². The predicted molar refractivity (Wildman–Crippen MR) is 117 cm³/mol. The lowest BCUT2D eigenvalue weighted by Gasteiger charge is -2.22. The average molecular weight is 407 g/mol. The molecule has 0 spiro atoms. The van der Waals surface area contributed by atoms with E-state index in [1.807, 2.05) is 23.5 Å². The first kappa shape index (κ1) is 20.5. The first-order valence-corrected chi connectivity index (χ1v) is 13.2. The number of hydrogen-bond acceptors (Lipinski definition) is 7. The fraction of sp³-hybridized carbons (Fsp3) is 1.00. The first-order valence-electron chi connectivity index (χ1n) is 7.06. The van der Waals surface area contributed by atoms with Crippen molar-refractivity contribution in [2.24, 2.45) is 5.92 Å². The summed E-state index contributed by atoms with van der Waals surface area (Å²) in [6.07, 6.45) is 2.68. The fourth-order valence-corrected chi connectivity index (χ4v) is 8.20. The highest BCUT2D eigenvalue weighted by Gasteiger charge is 2.17. The summed E-state index contributed by atoms with van der Waals surface area (Å²) in [7, 11) is 0. The molecule has 2 unspecified atom stereocenters. The van der Waals surface area contributed by atoms with Crippen molar-refractivity contribution < 1.29 is 0 Å². The summed E-state index contributed by atoms with van der Waals surface area (Å²) in [4.78, 5) is 0. The second-order valence-corrected chi connectivity index (χ2v) is 11.6. The van der Waals surface area contributed by atoms with E-state index in [0.717, 1.165) is 16.9 Å². The number of thiol groups is 3. The van der Waals surface area contributed by atoms with Crippen LogP contribution in [0.2, 0.25) is 0 Å². The molecule has 0 radical (unpaired) electrons. The van der Waals surface area contributed by atoms with Crippen molar-refractivity contribution >= 4 is 84.9 Å². The first-order chi connectivity index (χ1) is 9.74. The van der Waals surface area contributed by atoms with Crippen LogP contribution in [0.3, 0.4) is 0 Å². The van der Waals surface area contributed by atoms with Gasteiger partial charge in [-0.2, -0.15) is 84.9 Å². The third-order valence-corrected chi connectivity index (χ3v) is 9.84. The maximum absolute atomic E-state index is 4.29. The van der Waals surface area contributed by atoms with Gasteiger partial charge in [0.25, 0.3) is 0 Å². The quantitative estimate of drug-likeness (QED) is 0.340. The Morgan fingerprint density at radius 2 is 1.90 bits per heavy atom. The monoisotopic (exact) mass is 406 g/mol. The van der Waals surface area contributed by atoms with Crippen LogP contribution in [-0.4, -0.2) is 55.9 Å². The minimum atomic E-state index is 0.304. The third kappa shape index (κ3) is 10.3. The molecule has 2 fully saturated rings. The molecule has 7 heteroatoms. The highest BCUT2D eigenvalue weighted by molar-refractivity contribution is 8.08. The summed E-state index contributed by atoms with van der Waals surface area (Å²) >= 11 is 21.1. The number of hydrogen-bond donors (Lipinski definition) is 3. The SMILES string of the molecule is SC(S)C1CCCSC1.SCCSCC1CSCCS1. The molecule has 120 valence electrons. The molecule has 0 amide bonds. The smallest absolute Gasteiger partial charge is 0.0478 e. The molecule has 0 aromatic carbocycles. The molecular weight excluding hydrogens is 381 g/mol. The predicted octanol–water partition coefficient (Wildman–Crippen LogP) is 4.81. The van der Waals surface area contributed by atoms with Crippen LogP contribution in [0.5, 0.6) is 0 Å². The van der Waals surface area contributed by atoms with Crippen LogP contribution < -0.4 is 0 Å². The molecule has 0 saturated carbocycles. The van der Waals surface area contributed by atoms with Crippen molar-refractivity contribution in [3.05, 3.63) is 0 Å². The zero-order valence-corrected chi connectivity index (χ0v) is 17.7. The Labute approximate surface area is 158 Å². The molecule has 20 heavy (non-hydrogen) atoms. The van der Waals surface area contributed by atoms with E-state index in [-0.39, 0.29) is 0 Å². The van der Waals surface area contributed by atoms with Crippen LogP contribution in [0.25, 0.3) is 0 Å². The van der Waals surface area contributed by atoms with Gasteiger partial charge >= 0.3 is 0 Å². The van der Waals surface area contributed by atoms with E-state index in [0.29, 0.717) is 4.58 Å². The van der Waals surface area contributed by atoms with E-state index in [4.69, 9.17) is 0 Å². The third-order valence-electron chi connectivity index (χ3n) is 3.04. The van der Waals surface area contributed by atoms with E-state index in [1.165, 1.54) is 53.1 Å². The molecule has 2 aliphatic rings. The molecule has 2 aliphatic heterocycles. The zero-order valence-electron chi connectivity index (χ0n) is 11.8. The standard InChI is InChI=1S/C7H14S4.C6H12S3/c8-1-2-9-5-7-6-10-3-4-11-7;7-6(8)5-2-1-3-9-4-5/h7-8H,1-6H2;5-8H,1-4H2. The van der Waals surface area contributed by atoms with Crippen molar-refractivity contribution in [2.75, 3.05) is 46.0 Å². The Balaban J connectivity index is 0.000000204. The summed E-state index contributed by atoms with van der Waals surface area (Å²) in [6, 6.07) is 0. The molecule has 0 aliphatic carbocycles. The summed E-state index contributed by atoms with van der Waals surface area (Å²) in [5, 5.41) is 0.915. The normalized spacial score (nSPS) is 27.0. The Bertz CT molecular complexity index is 213. The molecule has 2 saturated heterocycles. The van der Waals surface area contributed by atoms with E-state index < -0.39 is 0 Å². The fourth-order valence-electron chi connectivity index (χ4n) is 1.91. The van der Waals surface area contributed by atoms with E-state index >= 15 is 0 Å². The van der Waals surface area contributed by atoms with Crippen LogP contribution in [0, 0.1) is 5.92 Å². The maximum atomic E-state index is 4.29. The van der Waals surface area contributed by atoms with Crippen LogP contribution in [0.15, 0.2) is 0 Å². The van der Waals surface area contributed by atoms with Gasteiger partial charge in [0.05, 0.1) is 0 Å². The van der Waals surface area contributed by atoms with E-state index in [9.17, 15) is 0 Å². The Morgan fingerprint density at radius 3 is 2.40 bits per heavy atom. The van der Waals surface area contributed by atoms with E-state index in [2.05, 4.69) is 61.4 Å². The van der Waals surface area contributed by atoms with Gasteiger partial charge in [-0.1, -0.05) is 0 Å². The summed E-state index contributed by atoms with van der Waals surface area (Å²) in [5.74, 6) is 11.0. The Morgan fingerprint density at radius 1 is 1.10 bits per heavy atom. The van der Waals surface area contributed by atoms with Gasteiger partial charge in [0.2, 0.25) is 0 Å². The summed E-state index contributed by atoms with van der Waals surface area (Å²) in [6.45, 7) is 0. The molecule has 2 heterocycles. The van der Waals surface area contributed by atoms with Crippen molar-refractivity contribution in [3.8, 4) is 0 Å². The minimum absolute atomic E-state index is 0.304. The number of rotatable bonds is 5. The average Bonchev–Trinajstić information content (AvgIpc) is 2.50. The van der Waals surface area contributed by atoms with Gasteiger partial charge in [0, 0.05) is 38.6 Å². The van der Waals surface area contributed by atoms with Crippen LogP contribution >= 0.6 is 84.9 Å². The molecule has 0 aromatic rings. The lowest BCUT2D eigenvalue weighted by atomic mass is 10.1. The zero-order chi connectivity index (χ0) is 14.6. The molecule has 0 nitrogen and oxygen atoms in total. The van der Waals surface area contributed by atoms with Gasteiger partial charge in [0.15, 0.2) is 0 Å². The number of thioether (sulfide) groups is 4. The van der Waals surface area contributed by atoms with E-state index in [1.54, 1.807) is 0 Å². The lowest BCUT2D eigenvalue weighted by Crippen LogP contribution is -2.16. The van der Waals surface area contributed by atoms with Gasteiger partial charge in [-0.05, 0) is 36.0 Å². The maximum Gasteiger partial charge on any atom is 0.0478 e. The van der Waals surface area contributed by atoms with Crippen molar-refractivity contribution in [3.63, 3.8) is 0 Å². The second kappa shape index (κ2) is 13.8. The largest absolute Gasteiger partial charge is 0.179 e. The summed E-state index contributed by atoms with van der Waals surface area (Å²) in [5.41, 5.74) is 0. The minimum Gasteiger partial charge on any atom is -0.179 e. The van der Waals surface area contributed by atoms with Crippen LogP contribution in [0.1, 0.15) is 12.8 Å². The Hall–Kier alpha value is 2.45. The van der Waals surface area contributed by atoms with Crippen molar-refractivity contribution in [1.82, 2.24) is 0 Å². The molecule has 2 atom stereocenters. The molecule has 0 N–H and O–H groups in total. The van der Waals surface area contributed by atoms with Crippen molar-refractivity contribution in [2.45, 2.75) is 22.7 Å². The van der Waals surface area contributed by atoms with Gasteiger partial charge in [-0.15, -0.1) is 0 Å². The van der Waals surface area contributed by atoms with Gasteiger partial charge < -0.3 is 0 Å². The summed E-state index contributed by atoms with van der Waals surface area (Å²) < 4.78 is 0.304. The molecule has 2 rings (SSSR count). The molecule has 0 aromatic heterocycles. The highest BCUT2D eigenvalue weighted by atomic mass is 32.2. The second-order valence-electron chi connectivity index (χ2n) is 4.76. The van der Waals surface area contributed by atoms with Crippen molar-refractivity contribution in [1.29, 1.82) is 0 Å².